The number of amides is 1. The van der Waals surface area contributed by atoms with Crippen molar-refractivity contribution in [1.82, 2.24) is 5.32 Å². The number of nitrogens with one attached hydrogen (secondary N) is 1. The van der Waals surface area contributed by atoms with E-state index >= 15 is 0 Å². The molecule has 6 N–H and O–H groups in total. The van der Waals surface area contributed by atoms with E-state index in [9.17, 15) is 10.0 Å². The van der Waals surface area contributed by atoms with Crippen molar-refractivity contribution in [1.29, 1.82) is 0 Å². The van der Waals surface area contributed by atoms with Gasteiger partial charge in [-0.3, -0.25) is 4.79 Å². The molecule has 0 unspecified atom stereocenters. The first-order chi connectivity index (χ1) is 16.8. The molecule has 0 bridgehead atoms. The van der Waals surface area contributed by atoms with Gasteiger partial charge < -0.3 is 31.5 Å². The van der Waals surface area contributed by atoms with Crippen molar-refractivity contribution in [2.75, 3.05) is 32.8 Å². The Balaban J connectivity index is 1.94. The number of carbonyl (C=O) groups excluding carboxylic acids is 1. The normalized spacial score (nSPS) is 11.4. The number of benzene rings is 2. The van der Waals surface area contributed by atoms with Crippen LogP contribution in [0.5, 0.6) is 11.5 Å². The third-order valence-corrected chi connectivity index (χ3v) is 7.12. The van der Waals surface area contributed by atoms with Crippen molar-refractivity contribution >= 4 is 75.3 Å². The van der Waals surface area contributed by atoms with E-state index < -0.39 is 5.91 Å². The lowest BCUT2D eigenvalue weighted by Crippen LogP contribution is -2.33. The highest BCUT2D eigenvalue weighted by molar-refractivity contribution is 9.11. The SMILES string of the molecule is NCCCOc1c(Br)cc(CCNC(=O)C(Cc2cc(Br)c(OCCCN)c(Br)c2)=NO)cc1Br. The average molecular weight is 744 g/mol. The summed E-state index contributed by atoms with van der Waals surface area (Å²) in [6, 6.07) is 7.55. The quantitative estimate of drug-likeness (QED) is 0.0941. The molecule has 0 aliphatic heterocycles. The summed E-state index contributed by atoms with van der Waals surface area (Å²) in [5.41, 5.74) is 12.8. The van der Waals surface area contributed by atoms with Crippen LogP contribution in [-0.2, 0) is 17.6 Å². The molecule has 2 rings (SSSR count). The summed E-state index contributed by atoms with van der Waals surface area (Å²) in [6.45, 7) is 2.50. The molecule has 0 aliphatic rings. The first-order valence-electron chi connectivity index (χ1n) is 10.9. The van der Waals surface area contributed by atoms with Crippen LogP contribution in [0.4, 0.5) is 0 Å². The van der Waals surface area contributed by atoms with Crippen molar-refractivity contribution in [3.8, 4) is 11.5 Å². The predicted octanol–water partition coefficient (Wildman–Crippen LogP) is 4.92. The molecule has 0 radical (unpaired) electrons. The molecule has 0 aromatic heterocycles. The first kappa shape index (κ1) is 30.0. The molecule has 192 valence electrons. The number of halogens is 4. The van der Waals surface area contributed by atoms with Crippen molar-refractivity contribution in [2.45, 2.75) is 25.7 Å². The van der Waals surface area contributed by atoms with Crippen molar-refractivity contribution in [3.63, 3.8) is 0 Å². The first-order valence-corrected chi connectivity index (χ1v) is 14.1. The molecule has 8 nitrogen and oxygen atoms in total. The molecule has 0 aliphatic carbocycles. The maximum atomic E-state index is 12.6. The van der Waals surface area contributed by atoms with Gasteiger partial charge in [0.15, 0.2) is 0 Å². The van der Waals surface area contributed by atoms with E-state index in [2.05, 4.69) is 74.2 Å². The fraction of sp³-hybridized carbons (Fsp3) is 0.391. The molecule has 12 heteroatoms. The second-order valence-electron chi connectivity index (χ2n) is 7.49. The minimum Gasteiger partial charge on any atom is -0.491 e. The topological polar surface area (TPSA) is 132 Å². The van der Waals surface area contributed by atoms with Gasteiger partial charge in [-0.25, -0.2) is 0 Å². The minimum absolute atomic E-state index is 0.00612. The molecule has 0 saturated carbocycles. The summed E-state index contributed by atoms with van der Waals surface area (Å²) in [4.78, 5) is 12.6. The van der Waals surface area contributed by atoms with E-state index in [1.54, 1.807) is 0 Å². The number of oxime groups is 1. The zero-order chi connectivity index (χ0) is 25.8. The maximum Gasteiger partial charge on any atom is 0.269 e. The molecule has 0 saturated heterocycles. The van der Waals surface area contributed by atoms with E-state index in [-0.39, 0.29) is 12.1 Å². The van der Waals surface area contributed by atoms with Crippen LogP contribution >= 0.6 is 63.7 Å². The third kappa shape index (κ3) is 9.66. The fourth-order valence-electron chi connectivity index (χ4n) is 3.04. The highest BCUT2D eigenvalue weighted by atomic mass is 79.9. The predicted molar refractivity (Wildman–Crippen MR) is 152 cm³/mol. The number of rotatable bonds is 14. The van der Waals surface area contributed by atoms with Gasteiger partial charge in [0.05, 0.1) is 31.1 Å². The van der Waals surface area contributed by atoms with Gasteiger partial charge >= 0.3 is 0 Å². The van der Waals surface area contributed by atoms with Gasteiger partial charge in [-0.05, 0) is 131 Å². The van der Waals surface area contributed by atoms with Crippen LogP contribution < -0.4 is 26.3 Å². The van der Waals surface area contributed by atoms with Crippen molar-refractivity contribution < 1.29 is 19.5 Å². The van der Waals surface area contributed by atoms with Crippen LogP contribution in [0.1, 0.15) is 24.0 Å². The van der Waals surface area contributed by atoms with E-state index in [0.29, 0.717) is 50.8 Å². The molecule has 0 fully saturated rings. The minimum atomic E-state index is -0.442. The molecule has 0 heterocycles. The summed E-state index contributed by atoms with van der Waals surface area (Å²) in [5.74, 6) is 0.930. The van der Waals surface area contributed by atoms with Gasteiger partial charge in [0.25, 0.3) is 5.91 Å². The largest absolute Gasteiger partial charge is 0.491 e. The smallest absolute Gasteiger partial charge is 0.269 e. The van der Waals surface area contributed by atoms with Gasteiger partial charge in [0.2, 0.25) is 0 Å². The molecule has 0 atom stereocenters. The van der Waals surface area contributed by atoms with Gasteiger partial charge in [0.1, 0.15) is 17.2 Å². The Morgan fingerprint density at radius 3 is 1.74 bits per heavy atom. The zero-order valence-electron chi connectivity index (χ0n) is 19.0. The highest BCUT2D eigenvalue weighted by Gasteiger charge is 2.16. The summed E-state index contributed by atoms with van der Waals surface area (Å²) in [7, 11) is 0. The number of nitrogens with zero attached hydrogens (tertiary/aromatic N) is 1. The summed E-state index contributed by atoms with van der Waals surface area (Å²) in [6.07, 6.45) is 2.23. The van der Waals surface area contributed by atoms with Crippen LogP contribution in [0.25, 0.3) is 0 Å². The van der Waals surface area contributed by atoms with E-state index in [0.717, 1.165) is 41.9 Å². The van der Waals surface area contributed by atoms with Crippen LogP contribution in [0, 0.1) is 0 Å². The third-order valence-electron chi connectivity index (χ3n) is 4.76. The van der Waals surface area contributed by atoms with Crippen LogP contribution in [0.15, 0.2) is 47.3 Å². The highest BCUT2D eigenvalue weighted by Crippen LogP contribution is 2.36. The average Bonchev–Trinajstić information content (AvgIpc) is 2.81. The second-order valence-corrected chi connectivity index (χ2v) is 10.9. The Labute approximate surface area is 238 Å². The zero-order valence-corrected chi connectivity index (χ0v) is 25.3. The lowest BCUT2D eigenvalue weighted by Gasteiger charge is -2.13. The number of hydrogen-bond donors (Lipinski definition) is 4. The lowest BCUT2D eigenvalue weighted by atomic mass is 10.1. The van der Waals surface area contributed by atoms with E-state index in [1.807, 2.05) is 24.3 Å². The van der Waals surface area contributed by atoms with Gasteiger partial charge in [0, 0.05) is 13.0 Å². The number of nitrogens with two attached hydrogens (primary N) is 2. The molecule has 35 heavy (non-hydrogen) atoms. The Bertz CT molecular complexity index is 991. The van der Waals surface area contributed by atoms with Crippen LogP contribution in [0.2, 0.25) is 0 Å². The van der Waals surface area contributed by atoms with E-state index in [1.165, 1.54) is 0 Å². The summed E-state index contributed by atoms with van der Waals surface area (Å²) in [5, 5.41) is 15.5. The lowest BCUT2D eigenvalue weighted by molar-refractivity contribution is -0.115. The Hall–Kier alpha value is -1.18. The molecule has 2 aromatic carbocycles. The standard InChI is InChI=1S/C23H28Br4N4O4/c24-16-9-14(10-17(25)21(16)34-7-1-4-28)3-6-30-23(32)20(31-33)13-15-11-18(26)22(19(27)12-15)35-8-2-5-29/h9-12,33H,1-8,13,28-29H2,(H,30,32). The summed E-state index contributed by atoms with van der Waals surface area (Å²) >= 11 is 14.0. The van der Waals surface area contributed by atoms with Gasteiger partial charge in [-0.1, -0.05) is 5.16 Å². The van der Waals surface area contributed by atoms with E-state index in [4.69, 9.17) is 20.9 Å². The van der Waals surface area contributed by atoms with Crippen molar-refractivity contribution in [2.24, 2.45) is 16.6 Å². The molecule has 1 amide bonds. The molecule has 0 spiro atoms. The van der Waals surface area contributed by atoms with Crippen LogP contribution in [-0.4, -0.2) is 49.7 Å². The number of hydrogen-bond acceptors (Lipinski definition) is 7. The Morgan fingerprint density at radius 2 is 1.31 bits per heavy atom. The molecule has 2 aromatic rings. The maximum absolute atomic E-state index is 12.6. The summed E-state index contributed by atoms with van der Waals surface area (Å²) < 4.78 is 14.6. The molecular weight excluding hydrogens is 716 g/mol. The Morgan fingerprint density at radius 1 is 0.857 bits per heavy atom. The fourth-order valence-corrected chi connectivity index (χ4v) is 6.06. The Kier molecular flexibility index (Phi) is 13.6. The second kappa shape index (κ2) is 15.8. The number of ether oxygens (including phenoxy) is 2. The monoisotopic (exact) mass is 740 g/mol. The van der Waals surface area contributed by atoms with Gasteiger partial charge in [-0.15, -0.1) is 0 Å². The van der Waals surface area contributed by atoms with Crippen molar-refractivity contribution in [3.05, 3.63) is 53.3 Å². The van der Waals surface area contributed by atoms with Crippen LogP contribution in [0.3, 0.4) is 0 Å². The van der Waals surface area contributed by atoms with Gasteiger partial charge in [-0.2, -0.15) is 0 Å². The molecular formula is C23H28Br4N4O4. The number of carbonyl (C=O) groups is 1.